The van der Waals surface area contributed by atoms with Gasteiger partial charge in [0.1, 0.15) is 6.61 Å². The highest BCUT2D eigenvalue weighted by molar-refractivity contribution is 9.10. The number of benzene rings is 1. The third-order valence-electron chi connectivity index (χ3n) is 1.74. The van der Waals surface area contributed by atoms with Crippen LogP contribution >= 0.6 is 15.9 Å². The highest BCUT2D eigenvalue weighted by atomic mass is 79.9. The van der Waals surface area contributed by atoms with Crippen LogP contribution in [-0.2, 0) is 16.1 Å². The van der Waals surface area contributed by atoms with E-state index in [4.69, 9.17) is 4.74 Å². The standard InChI is InChI=1S/C10H11BrO2/c1-7-5-10(11)4-3-9(7)6-13-8(2)12/h3-5H,6H2,1-2H3. The second-order valence-electron chi connectivity index (χ2n) is 2.85. The zero-order chi connectivity index (χ0) is 9.84. The third kappa shape index (κ3) is 3.19. The number of hydrogen-bond donors (Lipinski definition) is 0. The van der Waals surface area contributed by atoms with Crippen LogP contribution in [0, 0.1) is 6.92 Å². The number of esters is 1. The normalized spacial score (nSPS) is 9.77. The summed E-state index contributed by atoms with van der Waals surface area (Å²) < 4.78 is 5.93. The Balaban J connectivity index is 2.72. The van der Waals surface area contributed by atoms with Crippen LogP contribution in [-0.4, -0.2) is 5.97 Å². The Morgan fingerprint density at radius 1 is 1.54 bits per heavy atom. The Labute approximate surface area is 86.0 Å². The molecule has 0 fully saturated rings. The van der Waals surface area contributed by atoms with Gasteiger partial charge in [-0.1, -0.05) is 22.0 Å². The van der Waals surface area contributed by atoms with E-state index < -0.39 is 0 Å². The maximum absolute atomic E-state index is 10.6. The van der Waals surface area contributed by atoms with E-state index in [2.05, 4.69) is 15.9 Å². The number of carbonyl (C=O) groups excluding carboxylic acids is 1. The molecule has 0 spiro atoms. The number of aryl methyl sites for hydroxylation is 1. The molecule has 0 aliphatic rings. The predicted molar refractivity (Wildman–Crippen MR) is 54.3 cm³/mol. The molecule has 0 radical (unpaired) electrons. The van der Waals surface area contributed by atoms with Crippen LogP contribution < -0.4 is 0 Å². The van der Waals surface area contributed by atoms with E-state index in [9.17, 15) is 4.79 Å². The summed E-state index contributed by atoms with van der Waals surface area (Å²) in [5.41, 5.74) is 2.16. The van der Waals surface area contributed by atoms with E-state index >= 15 is 0 Å². The van der Waals surface area contributed by atoms with Crippen LogP contribution in [0.15, 0.2) is 22.7 Å². The zero-order valence-electron chi connectivity index (χ0n) is 7.63. The van der Waals surface area contributed by atoms with Crippen LogP contribution in [0.1, 0.15) is 18.1 Å². The van der Waals surface area contributed by atoms with Gasteiger partial charge in [0.2, 0.25) is 0 Å². The zero-order valence-corrected chi connectivity index (χ0v) is 9.22. The smallest absolute Gasteiger partial charge is 0.302 e. The Kier molecular flexibility index (Phi) is 3.48. The molecule has 70 valence electrons. The Bertz CT molecular complexity index is 321. The maximum Gasteiger partial charge on any atom is 0.302 e. The molecule has 0 saturated carbocycles. The van der Waals surface area contributed by atoms with Gasteiger partial charge in [-0.15, -0.1) is 0 Å². The minimum absolute atomic E-state index is 0.248. The second-order valence-corrected chi connectivity index (χ2v) is 3.77. The molecule has 0 atom stereocenters. The fourth-order valence-corrected chi connectivity index (χ4v) is 1.48. The lowest BCUT2D eigenvalue weighted by Crippen LogP contribution is -2.00. The van der Waals surface area contributed by atoms with Gasteiger partial charge in [-0.2, -0.15) is 0 Å². The molecule has 1 aromatic rings. The van der Waals surface area contributed by atoms with Crippen LogP contribution in [0.3, 0.4) is 0 Å². The van der Waals surface area contributed by atoms with Crippen molar-refractivity contribution in [1.29, 1.82) is 0 Å². The average Bonchev–Trinajstić information content (AvgIpc) is 2.02. The first-order valence-corrected chi connectivity index (χ1v) is 4.77. The monoisotopic (exact) mass is 242 g/mol. The molecule has 2 nitrogen and oxygen atoms in total. The quantitative estimate of drug-likeness (QED) is 0.746. The largest absolute Gasteiger partial charge is 0.461 e. The molecule has 0 saturated heterocycles. The van der Waals surface area contributed by atoms with E-state index in [0.717, 1.165) is 15.6 Å². The Morgan fingerprint density at radius 2 is 2.23 bits per heavy atom. The molecule has 1 aromatic carbocycles. The molecular formula is C10H11BrO2. The average molecular weight is 243 g/mol. The van der Waals surface area contributed by atoms with Gasteiger partial charge in [0, 0.05) is 11.4 Å². The van der Waals surface area contributed by atoms with Crippen molar-refractivity contribution >= 4 is 21.9 Å². The molecule has 3 heteroatoms. The molecule has 0 bridgehead atoms. The Morgan fingerprint density at radius 3 is 2.77 bits per heavy atom. The first-order valence-electron chi connectivity index (χ1n) is 3.98. The lowest BCUT2D eigenvalue weighted by Gasteiger charge is -2.05. The summed E-state index contributed by atoms with van der Waals surface area (Å²) in [5, 5.41) is 0. The minimum atomic E-state index is -0.248. The molecule has 0 N–H and O–H groups in total. The summed E-state index contributed by atoms with van der Waals surface area (Å²) in [6, 6.07) is 5.88. The van der Waals surface area contributed by atoms with E-state index in [1.165, 1.54) is 6.92 Å². The van der Waals surface area contributed by atoms with Gasteiger partial charge in [0.25, 0.3) is 0 Å². The van der Waals surface area contributed by atoms with Crippen LogP contribution in [0.4, 0.5) is 0 Å². The van der Waals surface area contributed by atoms with Crippen molar-refractivity contribution in [3.8, 4) is 0 Å². The molecule has 0 aliphatic heterocycles. The number of rotatable bonds is 2. The topological polar surface area (TPSA) is 26.3 Å². The van der Waals surface area contributed by atoms with Crippen LogP contribution in [0.5, 0.6) is 0 Å². The van der Waals surface area contributed by atoms with Gasteiger partial charge in [-0.25, -0.2) is 0 Å². The lowest BCUT2D eigenvalue weighted by molar-refractivity contribution is -0.142. The summed E-state index contributed by atoms with van der Waals surface area (Å²) in [6.07, 6.45) is 0. The van der Waals surface area contributed by atoms with Gasteiger partial charge in [0.15, 0.2) is 0 Å². The second kappa shape index (κ2) is 4.42. The van der Waals surface area contributed by atoms with Crippen molar-refractivity contribution < 1.29 is 9.53 Å². The molecule has 0 heterocycles. The van der Waals surface area contributed by atoms with Crippen molar-refractivity contribution in [2.75, 3.05) is 0 Å². The van der Waals surface area contributed by atoms with Crippen LogP contribution in [0.2, 0.25) is 0 Å². The van der Waals surface area contributed by atoms with Crippen molar-refractivity contribution in [2.24, 2.45) is 0 Å². The van der Waals surface area contributed by atoms with Crippen molar-refractivity contribution in [1.82, 2.24) is 0 Å². The fraction of sp³-hybridized carbons (Fsp3) is 0.300. The first-order chi connectivity index (χ1) is 6.09. The molecule has 0 unspecified atom stereocenters. The maximum atomic E-state index is 10.6. The number of carbonyl (C=O) groups is 1. The van der Waals surface area contributed by atoms with E-state index in [0.29, 0.717) is 6.61 Å². The van der Waals surface area contributed by atoms with E-state index in [-0.39, 0.29) is 5.97 Å². The van der Waals surface area contributed by atoms with Gasteiger partial charge < -0.3 is 4.74 Å². The van der Waals surface area contributed by atoms with Crippen molar-refractivity contribution in [2.45, 2.75) is 20.5 Å². The molecule has 1 rings (SSSR count). The van der Waals surface area contributed by atoms with Crippen molar-refractivity contribution in [3.05, 3.63) is 33.8 Å². The molecule has 0 aromatic heterocycles. The lowest BCUT2D eigenvalue weighted by atomic mass is 10.1. The predicted octanol–water partition coefficient (Wildman–Crippen LogP) is 2.82. The SMILES string of the molecule is CC(=O)OCc1ccc(Br)cc1C. The van der Waals surface area contributed by atoms with Crippen LogP contribution in [0.25, 0.3) is 0 Å². The minimum Gasteiger partial charge on any atom is -0.461 e. The highest BCUT2D eigenvalue weighted by Crippen LogP contribution is 2.16. The van der Waals surface area contributed by atoms with Gasteiger partial charge >= 0.3 is 5.97 Å². The Hall–Kier alpha value is -0.830. The number of halogens is 1. The molecule has 0 amide bonds. The molecule has 0 aliphatic carbocycles. The van der Waals surface area contributed by atoms with E-state index in [1.807, 2.05) is 25.1 Å². The summed E-state index contributed by atoms with van der Waals surface area (Å²) in [5.74, 6) is -0.248. The van der Waals surface area contributed by atoms with Gasteiger partial charge in [-0.3, -0.25) is 4.79 Å². The summed E-state index contributed by atoms with van der Waals surface area (Å²) in [7, 11) is 0. The third-order valence-corrected chi connectivity index (χ3v) is 2.23. The summed E-state index contributed by atoms with van der Waals surface area (Å²) >= 11 is 3.37. The summed E-state index contributed by atoms with van der Waals surface area (Å²) in [4.78, 5) is 10.6. The van der Waals surface area contributed by atoms with Gasteiger partial charge in [0.05, 0.1) is 0 Å². The van der Waals surface area contributed by atoms with Crippen molar-refractivity contribution in [3.63, 3.8) is 0 Å². The summed E-state index contributed by atoms with van der Waals surface area (Å²) in [6.45, 7) is 3.76. The van der Waals surface area contributed by atoms with E-state index in [1.54, 1.807) is 0 Å². The highest BCUT2D eigenvalue weighted by Gasteiger charge is 2.00. The number of ether oxygens (including phenoxy) is 1. The number of hydrogen-bond acceptors (Lipinski definition) is 2. The van der Waals surface area contributed by atoms with Gasteiger partial charge in [-0.05, 0) is 30.2 Å². The molecular weight excluding hydrogens is 232 g/mol. The first kappa shape index (κ1) is 10.3. The fourth-order valence-electron chi connectivity index (χ4n) is 1.00. The molecule has 13 heavy (non-hydrogen) atoms.